The summed E-state index contributed by atoms with van der Waals surface area (Å²) in [5.74, 6) is 0. The van der Waals surface area contributed by atoms with Crippen molar-refractivity contribution < 1.29 is 4.42 Å². The molecule has 4 heterocycles. The fraction of sp³-hybridized carbons (Fsp3) is 0. The molecule has 4 nitrogen and oxygen atoms in total. The molecule has 11 rings (SSSR count). The van der Waals surface area contributed by atoms with Crippen LogP contribution in [0.25, 0.3) is 99.4 Å². The predicted octanol–water partition coefficient (Wildman–Crippen LogP) is 12.5. The molecule has 0 unspecified atom stereocenters. The topological polar surface area (TPSA) is 35.9 Å². The molecule has 238 valence electrons. The number of hydrogen-bond acceptors (Lipinski definition) is 2. The lowest BCUT2D eigenvalue weighted by molar-refractivity contribution is 0.666. The predicted molar refractivity (Wildman–Crippen MR) is 211 cm³/mol. The average Bonchev–Trinajstić information content (AvgIpc) is 3.86. The lowest BCUT2D eigenvalue weighted by atomic mass is 10.1. The zero-order valence-corrected chi connectivity index (χ0v) is 27.5. The van der Waals surface area contributed by atoms with E-state index in [2.05, 4.69) is 179 Å². The van der Waals surface area contributed by atoms with E-state index in [1.165, 1.54) is 27.1 Å². The van der Waals surface area contributed by atoms with Gasteiger partial charge in [0.05, 0.1) is 44.8 Å². The summed E-state index contributed by atoms with van der Waals surface area (Å²) in [6, 6.07) is 62.3. The van der Waals surface area contributed by atoms with Gasteiger partial charge in [0, 0.05) is 43.4 Å². The highest BCUT2D eigenvalue weighted by molar-refractivity contribution is 6.26. The van der Waals surface area contributed by atoms with Crippen LogP contribution in [-0.4, -0.2) is 14.1 Å². The molecule has 0 aliphatic rings. The minimum absolute atomic E-state index is 0.885. The highest BCUT2D eigenvalue weighted by Gasteiger charge is 2.23. The van der Waals surface area contributed by atoms with Crippen molar-refractivity contribution in [2.45, 2.75) is 0 Å². The van der Waals surface area contributed by atoms with Crippen molar-refractivity contribution in [3.05, 3.63) is 176 Å². The van der Waals surface area contributed by atoms with Crippen molar-refractivity contribution in [3.8, 4) is 33.9 Å². The van der Waals surface area contributed by atoms with Crippen molar-refractivity contribution in [2.75, 3.05) is 0 Å². The van der Waals surface area contributed by atoms with Crippen LogP contribution in [0.1, 0.15) is 0 Å². The molecule has 51 heavy (non-hydrogen) atoms. The second kappa shape index (κ2) is 10.8. The number of aromatic nitrogens is 3. The van der Waals surface area contributed by atoms with Crippen LogP contribution in [0.15, 0.2) is 180 Å². The second-order valence-corrected chi connectivity index (χ2v) is 13.1. The van der Waals surface area contributed by atoms with Gasteiger partial charge in [-0.2, -0.15) is 0 Å². The number of pyridine rings is 1. The van der Waals surface area contributed by atoms with Gasteiger partial charge >= 0.3 is 0 Å². The third-order valence-corrected chi connectivity index (χ3v) is 10.3. The second-order valence-electron chi connectivity index (χ2n) is 13.1. The Morgan fingerprint density at radius 3 is 1.73 bits per heavy atom. The highest BCUT2D eigenvalue weighted by Crippen LogP contribution is 2.44. The summed E-state index contributed by atoms with van der Waals surface area (Å²) in [5, 5.41) is 7.05. The Balaban J connectivity index is 1.29. The highest BCUT2D eigenvalue weighted by atomic mass is 16.3. The molecule has 0 atom stereocenters. The molecule has 0 N–H and O–H groups in total. The molecule has 0 aliphatic heterocycles. The maximum atomic E-state index is 6.61. The van der Waals surface area contributed by atoms with E-state index >= 15 is 0 Å². The van der Waals surface area contributed by atoms with Crippen molar-refractivity contribution in [1.29, 1.82) is 0 Å². The van der Waals surface area contributed by atoms with Gasteiger partial charge in [0.2, 0.25) is 0 Å². The fourth-order valence-corrected chi connectivity index (χ4v) is 8.10. The van der Waals surface area contributed by atoms with Crippen molar-refractivity contribution in [2.24, 2.45) is 0 Å². The standard InChI is InChI=1S/C47H29N3O/c1-3-14-30(15-4-1)38-28-32(29-39(48-38)31-16-5-2-6-17-31)49-40-22-10-7-18-33(40)35-26-27-42-45(46(35)49)37-20-8-11-23-41(37)50(42)43-24-13-21-36-34-19-9-12-25-44(34)51-47(36)43/h1-29H. The van der Waals surface area contributed by atoms with E-state index in [9.17, 15) is 0 Å². The number of benzene rings is 7. The zero-order chi connectivity index (χ0) is 33.5. The van der Waals surface area contributed by atoms with Crippen LogP contribution in [-0.2, 0) is 0 Å². The van der Waals surface area contributed by atoms with Crippen molar-refractivity contribution >= 4 is 65.6 Å². The van der Waals surface area contributed by atoms with Gasteiger partial charge in [-0.25, -0.2) is 4.98 Å². The van der Waals surface area contributed by atoms with Gasteiger partial charge in [-0.3, -0.25) is 0 Å². The maximum Gasteiger partial charge on any atom is 0.159 e. The molecule has 11 aromatic rings. The molecule has 4 heteroatoms. The third-order valence-electron chi connectivity index (χ3n) is 10.3. The number of para-hydroxylation sites is 4. The fourth-order valence-electron chi connectivity index (χ4n) is 8.10. The van der Waals surface area contributed by atoms with E-state index in [1.54, 1.807) is 0 Å². The Hall–Kier alpha value is -6.91. The first-order valence-corrected chi connectivity index (χ1v) is 17.3. The summed E-state index contributed by atoms with van der Waals surface area (Å²) >= 11 is 0. The van der Waals surface area contributed by atoms with Gasteiger partial charge in [-0.05, 0) is 42.5 Å². The van der Waals surface area contributed by atoms with Crippen LogP contribution in [0.3, 0.4) is 0 Å². The number of fused-ring (bicyclic) bond motifs is 10. The van der Waals surface area contributed by atoms with Gasteiger partial charge in [-0.15, -0.1) is 0 Å². The van der Waals surface area contributed by atoms with Crippen LogP contribution in [0.4, 0.5) is 0 Å². The molecule has 0 saturated carbocycles. The quantitative estimate of drug-likeness (QED) is 0.190. The van der Waals surface area contributed by atoms with Crippen LogP contribution in [0.2, 0.25) is 0 Å². The summed E-state index contributed by atoms with van der Waals surface area (Å²) in [5.41, 5.74) is 12.5. The molecule has 4 aromatic heterocycles. The Bertz CT molecular complexity index is 3070. The molecule has 0 saturated heterocycles. The van der Waals surface area contributed by atoms with E-state index in [1.807, 2.05) is 6.07 Å². The summed E-state index contributed by atoms with van der Waals surface area (Å²) in [4.78, 5) is 5.22. The number of rotatable bonds is 4. The van der Waals surface area contributed by atoms with Crippen molar-refractivity contribution in [1.82, 2.24) is 14.1 Å². The molecule has 0 spiro atoms. The molecular weight excluding hydrogens is 623 g/mol. The first-order chi connectivity index (χ1) is 25.3. The van der Waals surface area contributed by atoms with E-state index in [0.29, 0.717) is 0 Å². The van der Waals surface area contributed by atoms with Gasteiger partial charge < -0.3 is 13.6 Å². The minimum Gasteiger partial charge on any atom is -0.454 e. The SMILES string of the molecule is c1ccc(-c2cc(-n3c4ccccc4c4ccc5c(c6ccccc6n5-c5cccc6c5oc5ccccc56)c43)cc(-c3ccccc3)n2)cc1. The van der Waals surface area contributed by atoms with E-state index in [-0.39, 0.29) is 0 Å². The first kappa shape index (κ1) is 28.0. The summed E-state index contributed by atoms with van der Waals surface area (Å²) in [7, 11) is 0. The summed E-state index contributed by atoms with van der Waals surface area (Å²) in [6.45, 7) is 0. The molecule has 0 amide bonds. The van der Waals surface area contributed by atoms with E-state index in [0.717, 1.165) is 72.4 Å². The lowest BCUT2D eigenvalue weighted by Crippen LogP contribution is -1.99. The molecule has 0 aliphatic carbocycles. The van der Waals surface area contributed by atoms with E-state index in [4.69, 9.17) is 9.40 Å². The Labute approximate surface area is 293 Å². The molecule has 7 aromatic carbocycles. The van der Waals surface area contributed by atoms with Crippen LogP contribution in [0.5, 0.6) is 0 Å². The summed E-state index contributed by atoms with van der Waals surface area (Å²) < 4.78 is 11.4. The normalized spacial score (nSPS) is 11.9. The number of nitrogens with zero attached hydrogens (tertiary/aromatic N) is 3. The van der Waals surface area contributed by atoms with Gasteiger partial charge in [-0.1, -0.05) is 133 Å². The number of hydrogen-bond donors (Lipinski definition) is 0. The van der Waals surface area contributed by atoms with E-state index < -0.39 is 0 Å². The number of furan rings is 1. The maximum absolute atomic E-state index is 6.61. The average molecular weight is 652 g/mol. The van der Waals surface area contributed by atoms with Gasteiger partial charge in [0.25, 0.3) is 0 Å². The lowest BCUT2D eigenvalue weighted by Gasteiger charge is -2.14. The monoisotopic (exact) mass is 651 g/mol. The molecule has 0 radical (unpaired) electrons. The Morgan fingerprint density at radius 2 is 1.00 bits per heavy atom. The largest absolute Gasteiger partial charge is 0.454 e. The minimum atomic E-state index is 0.885. The van der Waals surface area contributed by atoms with Gasteiger partial charge in [0.1, 0.15) is 5.58 Å². The van der Waals surface area contributed by atoms with Gasteiger partial charge in [0.15, 0.2) is 5.58 Å². The summed E-state index contributed by atoms with van der Waals surface area (Å²) in [6.07, 6.45) is 0. The van der Waals surface area contributed by atoms with Crippen molar-refractivity contribution in [3.63, 3.8) is 0 Å². The van der Waals surface area contributed by atoms with Crippen LogP contribution in [0, 0.1) is 0 Å². The van der Waals surface area contributed by atoms with Crippen LogP contribution < -0.4 is 0 Å². The molecule has 0 fully saturated rings. The smallest absolute Gasteiger partial charge is 0.159 e. The zero-order valence-electron chi connectivity index (χ0n) is 27.5. The Kier molecular flexibility index (Phi) is 5.92. The molecule has 0 bridgehead atoms. The molecular formula is C47H29N3O. The third kappa shape index (κ3) is 4.11. The van der Waals surface area contributed by atoms with Crippen LogP contribution >= 0.6 is 0 Å². The Morgan fingerprint density at radius 1 is 0.412 bits per heavy atom. The first-order valence-electron chi connectivity index (χ1n) is 17.3.